The van der Waals surface area contributed by atoms with Gasteiger partial charge in [-0.15, -0.1) is 0 Å². The van der Waals surface area contributed by atoms with Gasteiger partial charge in [0.15, 0.2) is 0 Å². The van der Waals surface area contributed by atoms with Gasteiger partial charge in [0.2, 0.25) is 10.0 Å². The molecule has 0 spiro atoms. The van der Waals surface area contributed by atoms with Crippen LogP contribution in [0.3, 0.4) is 0 Å². The molecule has 5 nitrogen and oxygen atoms in total. The first kappa shape index (κ1) is 21.1. The van der Waals surface area contributed by atoms with Crippen LogP contribution >= 0.6 is 0 Å². The number of hydrogen-bond donors (Lipinski definition) is 2. The molecule has 146 valence electrons. The Morgan fingerprint density at radius 2 is 1.67 bits per heavy atom. The predicted molar refractivity (Wildman–Crippen MR) is 106 cm³/mol. The van der Waals surface area contributed by atoms with E-state index >= 15 is 0 Å². The van der Waals surface area contributed by atoms with Gasteiger partial charge >= 0.3 is 5.97 Å². The highest BCUT2D eigenvalue weighted by atomic mass is 32.2. The second kappa shape index (κ2) is 9.15. The van der Waals surface area contributed by atoms with E-state index in [9.17, 15) is 18.3 Å². The zero-order chi connectivity index (χ0) is 19.9. The quantitative estimate of drug-likeness (QED) is 0.650. The minimum Gasteiger partial charge on any atom is -0.481 e. The summed E-state index contributed by atoms with van der Waals surface area (Å²) in [6.07, 6.45) is 3.15. The predicted octanol–water partition coefficient (Wildman–Crippen LogP) is 3.64. The Labute approximate surface area is 161 Å². The first-order chi connectivity index (χ1) is 12.8. The van der Waals surface area contributed by atoms with Crippen molar-refractivity contribution >= 4 is 16.0 Å². The van der Waals surface area contributed by atoms with Crippen LogP contribution in [0.2, 0.25) is 0 Å². The summed E-state index contributed by atoms with van der Waals surface area (Å²) >= 11 is 0. The third kappa shape index (κ3) is 5.91. The summed E-state index contributed by atoms with van der Waals surface area (Å²) < 4.78 is 26.1. The lowest BCUT2D eigenvalue weighted by Crippen LogP contribution is -2.28. The normalized spacial score (nSPS) is 13.9. The third-order valence-electron chi connectivity index (χ3n) is 5.00. The number of aliphatic carboxylic acids is 1. The maximum Gasteiger partial charge on any atom is 0.309 e. The molecule has 1 atom stereocenters. The van der Waals surface area contributed by atoms with Crippen LogP contribution in [0.15, 0.2) is 59.5 Å². The molecule has 0 aromatic heterocycles. The van der Waals surface area contributed by atoms with Gasteiger partial charge in [0.25, 0.3) is 0 Å². The second-order valence-electron chi connectivity index (χ2n) is 7.06. The first-order valence-corrected chi connectivity index (χ1v) is 10.5. The van der Waals surface area contributed by atoms with E-state index in [1.807, 2.05) is 36.4 Å². The SMILES string of the molecule is CNS(=O)(=O)c1cccc(CCCC(C)(CCc2ccccc2)C(=O)O)c1. The lowest BCUT2D eigenvalue weighted by atomic mass is 9.79. The van der Waals surface area contributed by atoms with Crippen molar-refractivity contribution in [1.82, 2.24) is 4.72 Å². The highest BCUT2D eigenvalue weighted by Gasteiger charge is 2.32. The fourth-order valence-electron chi connectivity index (χ4n) is 3.07. The van der Waals surface area contributed by atoms with Gasteiger partial charge in [-0.1, -0.05) is 42.5 Å². The van der Waals surface area contributed by atoms with Crippen molar-refractivity contribution in [1.29, 1.82) is 0 Å². The Morgan fingerprint density at radius 3 is 2.30 bits per heavy atom. The molecule has 2 N–H and O–H groups in total. The van der Waals surface area contributed by atoms with E-state index in [1.165, 1.54) is 7.05 Å². The number of carbonyl (C=O) groups is 1. The van der Waals surface area contributed by atoms with E-state index in [0.717, 1.165) is 17.5 Å². The van der Waals surface area contributed by atoms with Crippen LogP contribution in [0, 0.1) is 5.41 Å². The van der Waals surface area contributed by atoms with E-state index < -0.39 is 21.4 Å². The van der Waals surface area contributed by atoms with Crippen molar-refractivity contribution in [2.45, 2.75) is 43.9 Å². The fourth-order valence-corrected chi connectivity index (χ4v) is 3.87. The van der Waals surface area contributed by atoms with Crippen molar-refractivity contribution in [3.63, 3.8) is 0 Å². The minimum absolute atomic E-state index is 0.229. The molecule has 0 amide bonds. The number of nitrogens with one attached hydrogen (secondary N) is 1. The molecular formula is C21H27NO4S. The maximum atomic E-state index is 11.9. The Hall–Kier alpha value is -2.18. The summed E-state index contributed by atoms with van der Waals surface area (Å²) in [7, 11) is -2.09. The smallest absolute Gasteiger partial charge is 0.309 e. The van der Waals surface area contributed by atoms with Gasteiger partial charge in [0, 0.05) is 0 Å². The number of sulfonamides is 1. The minimum atomic E-state index is -3.47. The maximum absolute atomic E-state index is 11.9. The van der Waals surface area contributed by atoms with Crippen molar-refractivity contribution in [2.75, 3.05) is 7.05 Å². The lowest BCUT2D eigenvalue weighted by Gasteiger charge is -2.25. The molecular weight excluding hydrogens is 362 g/mol. The zero-order valence-corrected chi connectivity index (χ0v) is 16.6. The highest BCUT2D eigenvalue weighted by molar-refractivity contribution is 7.89. The van der Waals surface area contributed by atoms with E-state index in [1.54, 1.807) is 25.1 Å². The van der Waals surface area contributed by atoms with Gasteiger partial charge in [-0.3, -0.25) is 4.79 Å². The van der Waals surface area contributed by atoms with Gasteiger partial charge in [0.05, 0.1) is 10.3 Å². The lowest BCUT2D eigenvalue weighted by molar-refractivity contribution is -0.148. The molecule has 0 aliphatic heterocycles. The fraction of sp³-hybridized carbons (Fsp3) is 0.381. The molecule has 2 rings (SSSR count). The van der Waals surface area contributed by atoms with Crippen LogP contribution < -0.4 is 4.72 Å². The molecule has 0 aliphatic rings. The molecule has 0 aliphatic carbocycles. The van der Waals surface area contributed by atoms with Crippen molar-refractivity contribution in [2.24, 2.45) is 5.41 Å². The molecule has 0 saturated carbocycles. The van der Waals surface area contributed by atoms with Crippen LogP contribution in [0.4, 0.5) is 0 Å². The van der Waals surface area contributed by atoms with E-state index in [-0.39, 0.29) is 4.90 Å². The number of aryl methyl sites for hydroxylation is 2. The second-order valence-corrected chi connectivity index (χ2v) is 8.95. The molecule has 0 heterocycles. The van der Waals surface area contributed by atoms with Gasteiger partial charge in [-0.05, 0) is 69.3 Å². The van der Waals surface area contributed by atoms with Crippen molar-refractivity contribution in [3.8, 4) is 0 Å². The number of carboxylic acids is 1. The average molecular weight is 390 g/mol. The molecule has 0 saturated heterocycles. The topological polar surface area (TPSA) is 83.5 Å². The highest BCUT2D eigenvalue weighted by Crippen LogP contribution is 2.30. The average Bonchev–Trinajstić information content (AvgIpc) is 2.67. The first-order valence-electron chi connectivity index (χ1n) is 9.07. The number of carboxylic acid groups (broad SMARTS) is 1. The van der Waals surface area contributed by atoms with Crippen LogP contribution in [0.25, 0.3) is 0 Å². The molecule has 0 fully saturated rings. The van der Waals surface area contributed by atoms with Crippen LogP contribution in [-0.2, 0) is 27.7 Å². The summed E-state index contributed by atoms with van der Waals surface area (Å²) in [5.41, 5.74) is 1.22. The largest absolute Gasteiger partial charge is 0.481 e. The Kier molecular flexibility index (Phi) is 7.16. The van der Waals surface area contributed by atoms with Crippen LogP contribution in [0.5, 0.6) is 0 Å². The summed E-state index contributed by atoms with van der Waals surface area (Å²) in [4.78, 5) is 12.1. The molecule has 2 aromatic carbocycles. The molecule has 1 unspecified atom stereocenters. The van der Waals surface area contributed by atoms with Gasteiger partial charge in [-0.2, -0.15) is 0 Å². The third-order valence-corrected chi connectivity index (χ3v) is 6.41. The number of hydrogen-bond acceptors (Lipinski definition) is 3. The van der Waals surface area contributed by atoms with Gasteiger partial charge < -0.3 is 5.11 Å². The van der Waals surface area contributed by atoms with E-state index in [0.29, 0.717) is 25.7 Å². The van der Waals surface area contributed by atoms with Crippen molar-refractivity contribution < 1.29 is 18.3 Å². The zero-order valence-electron chi connectivity index (χ0n) is 15.8. The molecule has 6 heteroatoms. The molecule has 2 aromatic rings. The monoisotopic (exact) mass is 389 g/mol. The summed E-state index contributed by atoms with van der Waals surface area (Å²) in [6.45, 7) is 1.79. The summed E-state index contributed by atoms with van der Waals surface area (Å²) in [5, 5.41) is 9.70. The summed E-state index contributed by atoms with van der Waals surface area (Å²) in [5.74, 6) is -0.787. The Morgan fingerprint density at radius 1 is 1.00 bits per heavy atom. The Bertz CT molecular complexity index is 865. The van der Waals surface area contributed by atoms with E-state index in [2.05, 4.69) is 4.72 Å². The number of benzene rings is 2. The Balaban J connectivity index is 1.98. The molecule has 0 bridgehead atoms. The summed E-state index contributed by atoms with van der Waals surface area (Å²) in [6, 6.07) is 16.7. The van der Waals surface area contributed by atoms with Crippen molar-refractivity contribution in [3.05, 3.63) is 65.7 Å². The van der Waals surface area contributed by atoms with Gasteiger partial charge in [0.1, 0.15) is 0 Å². The van der Waals surface area contributed by atoms with Crippen LogP contribution in [-0.4, -0.2) is 26.5 Å². The standard InChI is InChI=1S/C21H27NO4S/c1-21(20(23)24,15-13-17-8-4-3-5-9-17)14-7-11-18-10-6-12-19(16-18)27(25,26)22-2/h3-6,8-10,12,16,22H,7,11,13-15H2,1-2H3,(H,23,24). The molecule has 27 heavy (non-hydrogen) atoms. The van der Waals surface area contributed by atoms with E-state index in [4.69, 9.17) is 0 Å². The van der Waals surface area contributed by atoms with Gasteiger partial charge in [-0.25, -0.2) is 13.1 Å². The molecule has 0 radical (unpaired) electrons. The number of rotatable bonds is 10. The van der Waals surface area contributed by atoms with Crippen LogP contribution in [0.1, 0.15) is 37.3 Å².